The monoisotopic (exact) mass is 433 g/mol. The maximum absolute atomic E-state index is 12.9. The van der Waals surface area contributed by atoms with Gasteiger partial charge in [0.1, 0.15) is 16.5 Å². The number of ether oxygens (including phenoxy) is 1. The Bertz CT molecular complexity index is 1130. The number of nitrogens with zero attached hydrogens (tertiary/aromatic N) is 2. The van der Waals surface area contributed by atoms with E-state index >= 15 is 0 Å². The van der Waals surface area contributed by atoms with Gasteiger partial charge in [0.25, 0.3) is 11.5 Å². The fourth-order valence-corrected chi connectivity index (χ4v) is 3.71. The van der Waals surface area contributed by atoms with Gasteiger partial charge in [-0.2, -0.15) is 14.0 Å². The number of amides is 1. The van der Waals surface area contributed by atoms with E-state index in [1.807, 2.05) is 13.0 Å². The molecular formula is C21H21F2N3O3S. The van der Waals surface area contributed by atoms with Crippen molar-refractivity contribution in [3.05, 3.63) is 62.0 Å². The van der Waals surface area contributed by atoms with E-state index in [1.165, 1.54) is 34.9 Å². The summed E-state index contributed by atoms with van der Waals surface area (Å²) < 4.78 is 31.4. The SMILES string of the molecule is C=CCn1c(=O)/c(=C/c2ccccc2OC(F)F)s/c1=C(/C#N)C(=O)NCCCC. The third-order valence-corrected chi connectivity index (χ3v) is 5.14. The molecule has 1 heterocycles. The van der Waals surface area contributed by atoms with E-state index < -0.39 is 18.1 Å². The van der Waals surface area contributed by atoms with Gasteiger partial charge in [0.05, 0.1) is 4.53 Å². The minimum Gasteiger partial charge on any atom is -0.434 e. The van der Waals surface area contributed by atoms with Gasteiger partial charge in [-0.25, -0.2) is 0 Å². The first-order chi connectivity index (χ1) is 14.4. The predicted molar refractivity (Wildman–Crippen MR) is 112 cm³/mol. The number of nitriles is 1. The number of hydrogen-bond donors (Lipinski definition) is 1. The molecule has 1 amide bonds. The number of carbonyl (C=O) groups is 1. The molecule has 9 heteroatoms. The molecule has 0 saturated heterocycles. The van der Waals surface area contributed by atoms with Crippen LogP contribution in [0, 0.1) is 11.3 Å². The van der Waals surface area contributed by atoms with E-state index in [1.54, 1.807) is 6.07 Å². The van der Waals surface area contributed by atoms with Crippen LogP contribution in [-0.4, -0.2) is 23.6 Å². The van der Waals surface area contributed by atoms with Crippen molar-refractivity contribution >= 4 is 28.9 Å². The number of rotatable bonds is 9. The molecule has 0 bridgehead atoms. The zero-order valence-corrected chi connectivity index (χ0v) is 17.2. The number of unbranched alkanes of at least 4 members (excludes halogenated alkanes) is 1. The van der Waals surface area contributed by atoms with Gasteiger partial charge in [0, 0.05) is 18.7 Å². The summed E-state index contributed by atoms with van der Waals surface area (Å²) in [5.74, 6) is -0.656. The molecule has 30 heavy (non-hydrogen) atoms. The highest BCUT2D eigenvalue weighted by Crippen LogP contribution is 2.20. The normalized spacial score (nSPS) is 12.4. The van der Waals surface area contributed by atoms with E-state index in [0.29, 0.717) is 6.54 Å². The Hall–Kier alpha value is -3.25. The fourth-order valence-electron chi connectivity index (χ4n) is 2.61. The molecule has 0 aliphatic carbocycles. The number of allylic oxidation sites excluding steroid dienone is 1. The van der Waals surface area contributed by atoms with Crippen LogP contribution >= 0.6 is 11.3 Å². The van der Waals surface area contributed by atoms with E-state index in [4.69, 9.17) is 0 Å². The number of aromatic nitrogens is 1. The van der Waals surface area contributed by atoms with E-state index in [-0.39, 0.29) is 32.6 Å². The zero-order valence-electron chi connectivity index (χ0n) is 16.4. The van der Waals surface area contributed by atoms with Crippen molar-refractivity contribution in [2.45, 2.75) is 32.9 Å². The summed E-state index contributed by atoms with van der Waals surface area (Å²) in [4.78, 5) is 25.3. The van der Waals surface area contributed by atoms with E-state index in [9.17, 15) is 23.6 Å². The van der Waals surface area contributed by atoms with Gasteiger partial charge in [0.15, 0.2) is 5.57 Å². The number of hydrogen-bond acceptors (Lipinski definition) is 5. The Kier molecular flexibility index (Phi) is 8.50. The van der Waals surface area contributed by atoms with Crippen LogP contribution in [-0.2, 0) is 11.3 Å². The molecule has 2 aromatic rings. The van der Waals surface area contributed by atoms with Crippen molar-refractivity contribution in [2.75, 3.05) is 6.54 Å². The second-order valence-corrected chi connectivity index (χ2v) is 7.16. The molecular weight excluding hydrogens is 412 g/mol. The predicted octanol–water partition coefficient (Wildman–Crippen LogP) is 2.12. The van der Waals surface area contributed by atoms with Crippen LogP contribution in [0.3, 0.4) is 0 Å². The Morgan fingerprint density at radius 1 is 1.43 bits per heavy atom. The lowest BCUT2D eigenvalue weighted by atomic mass is 10.2. The lowest BCUT2D eigenvalue weighted by molar-refractivity contribution is -0.115. The first kappa shape index (κ1) is 23.0. The average molecular weight is 433 g/mol. The number of halogens is 2. The maximum atomic E-state index is 12.9. The quantitative estimate of drug-likeness (QED) is 0.485. The lowest BCUT2D eigenvalue weighted by Gasteiger charge is -2.06. The minimum atomic E-state index is -3.01. The molecule has 0 atom stereocenters. The lowest BCUT2D eigenvalue weighted by Crippen LogP contribution is -2.34. The van der Waals surface area contributed by atoms with Gasteiger partial charge in [-0.1, -0.05) is 37.6 Å². The number of alkyl halides is 2. The highest BCUT2D eigenvalue weighted by molar-refractivity contribution is 7.07. The number of thiazole rings is 1. The van der Waals surface area contributed by atoms with Gasteiger partial charge in [0.2, 0.25) is 0 Å². The molecule has 6 nitrogen and oxygen atoms in total. The van der Waals surface area contributed by atoms with E-state index in [2.05, 4.69) is 16.6 Å². The van der Waals surface area contributed by atoms with Gasteiger partial charge >= 0.3 is 6.61 Å². The Labute approximate surface area is 176 Å². The Morgan fingerprint density at radius 3 is 2.80 bits per heavy atom. The standard InChI is InChI=1S/C21H21F2N3O3S/c1-3-5-10-25-18(27)15(13-24)20-26(11-4-2)19(28)17(30-20)12-14-8-6-7-9-16(14)29-21(22)23/h4,6-9,12,21H,2-3,5,10-11H2,1H3,(H,25,27)/b17-12-,20-15-. The first-order valence-corrected chi connectivity index (χ1v) is 10.0. The second-order valence-electron chi connectivity index (χ2n) is 6.13. The van der Waals surface area contributed by atoms with Gasteiger partial charge in [-0.15, -0.1) is 17.9 Å². The number of nitrogens with one attached hydrogen (secondary N) is 1. The number of para-hydroxylation sites is 1. The summed E-state index contributed by atoms with van der Waals surface area (Å²) in [5, 5.41) is 12.2. The smallest absolute Gasteiger partial charge is 0.387 e. The largest absolute Gasteiger partial charge is 0.434 e. The minimum absolute atomic E-state index is 0.0843. The summed E-state index contributed by atoms with van der Waals surface area (Å²) in [5.41, 5.74) is -0.373. The summed E-state index contributed by atoms with van der Waals surface area (Å²) in [7, 11) is 0. The van der Waals surface area contributed by atoms with Gasteiger partial charge in [-0.3, -0.25) is 14.2 Å². The van der Waals surface area contributed by atoms with Crippen molar-refractivity contribution in [3.63, 3.8) is 0 Å². The van der Waals surface area contributed by atoms with Crippen LogP contribution in [0.25, 0.3) is 11.6 Å². The van der Waals surface area contributed by atoms with Crippen LogP contribution in [0.2, 0.25) is 0 Å². The van der Waals surface area contributed by atoms with Gasteiger partial charge in [-0.05, 0) is 18.6 Å². The first-order valence-electron chi connectivity index (χ1n) is 9.21. The molecule has 0 unspecified atom stereocenters. The van der Waals surface area contributed by atoms with Crippen LogP contribution in [0.4, 0.5) is 8.78 Å². The van der Waals surface area contributed by atoms with Crippen molar-refractivity contribution in [1.82, 2.24) is 9.88 Å². The molecule has 1 aromatic heterocycles. The summed E-state index contributed by atoms with van der Waals surface area (Å²) in [6, 6.07) is 7.92. The highest BCUT2D eigenvalue weighted by atomic mass is 32.1. The summed E-state index contributed by atoms with van der Waals surface area (Å²) >= 11 is 0.932. The van der Waals surface area contributed by atoms with E-state index in [0.717, 1.165) is 24.2 Å². The Morgan fingerprint density at radius 2 is 2.17 bits per heavy atom. The molecule has 0 aliphatic rings. The van der Waals surface area contributed by atoms with Crippen LogP contribution in [0.5, 0.6) is 5.75 Å². The Balaban J connectivity index is 2.68. The third kappa shape index (κ3) is 5.64. The molecule has 0 spiro atoms. The van der Waals surface area contributed by atoms with Gasteiger partial charge < -0.3 is 10.1 Å². The third-order valence-electron chi connectivity index (χ3n) is 4.01. The van der Waals surface area contributed by atoms with Crippen molar-refractivity contribution in [2.24, 2.45) is 0 Å². The van der Waals surface area contributed by atoms with Crippen LogP contribution in [0.1, 0.15) is 25.3 Å². The number of benzene rings is 1. The molecule has 0 radical (unpaired) electrons. The molecule has 0 saturated carbocycles. The molecule has 1 N–H and O–H groups in total. The summed E-state index contributed by atoms with van der Waals surface area (Å²) in [6.07, 6.45) is 4.51. The molecule has 1 aromatic carbocycles. The fraction of sp³-hybridized carbons (Fsp3) is 0.286. The van der Waals surface area contributed by atoms with Crippen LogP contribution in [0.15, 0.2) is 41.7 Å². The maximum Gasteiger partial charge on any atom is 0.387 e. The van der Waals surface area contributed by atoms with Crippen LogP contribution < -0.4 is 24.8 Å². The topological polar surface area (TPSA) is 84.1 Å². The van der Waals surface area contributed by atoms with Crippen molar-refractivity contribution in [1.29, 1.82) is 5.26 Å². The highest BCUT2D eigenvalue weighted by Gasteiger charge is 2.15. The molecule has 158 valence electrons. The molecule has 2 rings (SSSR count). The second kappa shape index (κ2) is 11.1. The average Bonchev–Trinajstić information content (AvgIpc) is 3.00. The summed E-state index contributed by atoms with van der Waals surface area (Å²) in [6.45, 7) is 3.06. The number of carbonyl (C=O) groups excluding carboxylic acids is 1. The van der Waals surface area contributed by atoms with Crippen molar-refractivity contribution in [3.8, 4) is 11.8 Å². The molecule has 0 aliphatic heterocycles. The molecule has 0 fully saturated rings. The zero-order chi connectivity index (χ0) is 22.1. The van der Waals surface area contributed by atoms with Crippen molar-refractivity contribution < 1.29 is 18.3 Å².